The molecule has 0 saturated carbocycles. The van der Waals surface area contributed by atoms with Crippen LogP contribution in [0.1, 0.15) is 12.8 Å². The van der Waals surface area contributed by atoms with Gasteiger partial charge in [-0.25, -0.2) is 4.98 Å². The fourth-order valence-electron chi connectivity index (χ4n) is 3.39. The van der Waals surface area contributed by atoms with Crippen LogP contribution in [0.25, 0.3) is 11.3 Å². The van der Waals surface area contributed by atoms with Crippen molar-refractivity contribution in [3.8, 4) is 17.1 Å². The molecule has 0 unspecified atom stereocenters. The summed E-state index contributed by atoms with van der Waals surface area (Å²) in [5, 5.41) is 0. The minimum absolute atomic E-state index is 0.699. The SMILES string of the molecule is CCOc1ccc(N2CCN(Cc3ncc(-c4ccccc4)o3)CC2)cc1. The zero-order valence-corrected chi connectivity index (χ0v) is 15.7. The third kappa shape index (κ3) is 4.31. The molecule has 0 spiro atoms. The van der Waals surface area contributed by atoms with Crippen molar-refractivity contribution in [1.29, 1.82) is 0 Å². The van der Waals surface area contributed by atoms with Crippen LogP contribution < -0.4 is 9.64 Å². The number of benzene rings is 2. The molecule has 140 valence electrons. The van der Waals surface area contributed by atoms with Gasteiger partial charge in [0, 0.05) is 37.4 Å². The minimum atomic E-state index is 0.699. The second-order valence-corrected chi connectivity index (χ2v) is 6.67. The Kier molecular flexibility index (Phi) is 5.39. The van der Waals surface area contributed by atoms with Gasteiger partial charge >= 0.3 is 0 Å². The molecule has 0 bridgehead atoms. The Morgan fingerprint density at radius 1 is 0.963 bits per heavy atom. The zero-order valence-electron chi connectivity index (χ0n) is 15.7. The number of hydrogen-bond donors (Lipinski definition) is 0. The minimum Gasteiger partial charge on any atom is -0.494 e. The van der Waals surface area contributed by atoms with Crippen LogP contribution in [-0.2, 0) is 6.54 Å². The lowest BCUT2D eigenvalue weighted by molar-refractivity contribution is 0.227. The van der Waals surface area contributed by atoms with Crippen LogP contribution in [0.15, 0.2) is 65.2 Å². The first-order valence-electron chi connectivity index (χ1n) is 9.52. The molecular formula is C22H25N3O2. The van der Waals surface area contributed by atoms with Crippen LogP contribution in [0.3, 0.4) is 0 Å². The predicted octanol–water partition coefficient (Wildman–Crippen LogP) is 4.06. The van der Waals surface area contributed by atoms with Gasteiger partial charge in [-0.05, 0) is 31.2 Å². The quantitative estimate of drug-likeness (QED) is 0.661. The molecule has 4 rings (SSSR count). The van der Waals surface area contributed by atoms with E-state index < -0.39 is 0 Å². The molecule has 1 fully saturated rings. The normalized spacial score (nSPS) is 15.1. The molecule has 5 heteroatoms. The number of oxazole rings is 1. The molecule has 2 heterocycles. The summed E-state index contributed by atoms with van der Waals surface area (Å²) in [6.45, 7) is 7.45. The molecule has 27 heavy (non-hydrogen) atoms. The second kappa shape index (κ2) is 8.27. The number of nitrogens with zero attached hydrogens (tertiary/aromatic N) is 3. The van der Waals surface area contributed by atoms with Gasteiger partial charge in [0.2, 0.25) is 5.89 Å². The van der Waals surface area contributed by atoms with Crippen molar-refractivity contribution < 1.29 is 9.15 Å². The van der Waals surface area contributed by atoms with Gasteiger partial charge in [-0.15, -0.1) is 0 Å². The van der Waals surface area contributed by atoms with Gasteiger partial charge in [0.25, 0.3) is 0 Å². The summed E-state index contributed by atoms with van der Waals surface area (Å²) in [6, 6.07) is 18.5. The molecule has 1 aliphatic heterocycles. The van der Waals surface area contributed by atoms with Crippen molar-refractivity contribution in [3.05, 3.63) is 66.7 Å². The lowest BCUT2D eigenvalue weighted by Crippen LogP contribution is -2.46. The number of hydrogen-bond acceptors (Lipinski definition) is 5. The first kappa shape index (κ1) is 17.6. The average molecular weight is 363 g/mol. The van der Waals surface area contributed by atoms with Crippen LogP contribution in [0.5, 0.6) is 5.75 Å². The van der Waals surface area contributed by atoms with Crippen LogP contribution in [0, 0.1) is 0 Å². The molecule has 3 aromatic rings. The summed E-state index contributed by atoms with van der Waals surface area (Å²) < 4.78 is 11.5. The fraction of sp³-hybridized carbons (Fsp3) is 0.318. The number of rotatable bonds is 6. The monoisotopic (exact) mass is 363 g/mol. The van der Waals surface area contributed by atoms with E-state index in [1.54, 1.807) is 0 Å². The van der Waals surface area contributed by atoms with Gasteiger partial charge in [0.15, 0.2) is 5.76 Å². The maximum absolute atomic E-state index is 5.94. The average Bonchev–Trinajstić information content (AvgIpc) is 3.19. The van der Waals surface area contributed by atoms with Crippen LogP contribution in [0.2, 0.25) is 0 Å². The molecule has 0 aliphatic carbocycles. The Morgan fingerprint density at radius 2 is 1.70 bits per heavy atom. The van der Waals surface area contributed by atoms with Gasteiger partial charge in [-0.3, -0.25) is 4.90 Å². The molecule has 1 saturated heterocycles. The molecule has 1 aromatic heterocycles. The van der Waals surface area contributed by atoms with E-state index in [4.69, 9.17) is 9.15 Å². The third-order valence-electron chi connectivity index (χ3n) is 4.86. The van der Waals surface area contributed by atoms with E-state index in [2.05, 4.69) is 26.9 Å². The zero-order chi connectivity index (χ0) is 18.5. The van der Waals surface area contributed by atoms with Gasteiger partial charge < -0.3 is 14.1 Å². The number of piperazine rings is 1. The number of anilines is 1. The summed E-state index contributed by atoms with van der Waals surface area (Å²) >= 11 is 0. The van der Waals surface area contributed by atoms with E-state index >= 15 is 0 Å². The highest BCUT2D eigenvalue weighted by Crippen LogP contribution is 2.23. The molecule has 0 N–H and O–H groups in total. The molecule has 0 atom stereocenters. The molecular weight excluding hydrogens is 338 g/mol. The van der Waals surface area contributed by atoms with E-state index in [0.717, 1.165) is 55.7 Å². The lowest BCUT2D eigenvalue weighted by Gasteiger charge is -2.35. The van der Waals surface area contributed by atoms with Gasteiger partial charge in [-0.1, -0.05) is 30.3 Å². The maximum Gasteiger partial charge on any atom is 0.209 e. The molecule has 1 aliphatic rings. The Labute approximate surface area is 160 Å². The van der Waals surface area contributed by atoms with Gasteiger partial charge in [0.05, 0.1) is 19.3 Å². The largest absolute Gasteiger partial charge is 0.494 e. The van der Waals surface area contributed by atoms with Crippen LogP contribution in [-0.4, -0.2) is 42.7 Å². The Hall–Kier alpha value is -2.79. The Morgan fingerprint density at radius 3 is 2.41 bits per heavy atom. The highest BCUT2D eigenvalue weighted by atomic mass is 16.5. The standard InChI is InChI=1S/C22H25N3O2/c1-2-26-20-10-8-19(9-11-20)25-14-12-24(13-15-25)17-22-23-16-21(27-22)18-6-4-3-5-7-18/h3-11,16H,2,12-15,17H2,1H3. The van der Waals surface area contributed by atoms with E-state index in [9.17, 15) is 0 Å². The van der Waals surface area contributed by atoms with Crippen molar-refractivity contribution in [1.82, 2.24) is 9.88 Å². The number of ether oxygens (including phenoxy) is 1. The van der Waals surface area contributed by atoms with Crippen LogP contribution >= 0.6 is 0 Å². The maximum atomic E-state index is 5.94. The highest BCUT2D eigenvalue weighted by molar-refractivity contribution is 5.55. The van der Waals surface area contributed by atoms with Crippen molar-refractivity contribution >= 4 is 5.69 Å². The summed E-state index contributed by atoms with van der Waals surface area (Å²) in [5.74, 6) is 2.54. The van der Waals surface area contributed by atoms with E-state index in [0.29, 0.717) is 6.61 Å². The summed E-state index contributed by atoms with van der Waals surface area (Å²) in [7, 11) is 0. The highest BCUT2D eigenvalue weighted by Gasteiger charge is 2.19. The molecule has 2 aromatic carbocycles. The van der Waals surface area contributed by atoms with Crippen molar-refractivity contribution in [3.63, 3.8) is 0 Å². The summed E-state index contributed by atoms with van der Waals surface area (Å²) in [6.07, 6.45) is 1.82. The molecule has 0 amide bonds. The van der Waals surface area contributed by atoms with Gasteiger partial charge in [0.1, 0.15) is 5.75 Å². The Balaban J connectivity index is 1.31. The van der Waals surface area contributed by atoms with Crippen molar-refractivity contribution in [2.24, 2.45) is 0 Å². The second-order valence-electron chi connectivity index (χ2n) is 6.67. The number of aromatic nitrogens is 1. The first-order chi connectivity index (χ1) is 13.3. The van der Waals surface area contributed by atoms with Gasteiger partial charge in [-0.2, -0.15) is 0 Å². The van der Waals surface area contributed by atoms with E-state index in [-0.39, 0.29) is 0 Å². The predicted molar refractivity (Wildman–Crippen MR) is 107 cm³/mol. The molecule has 0 radical (unpaired) electrons. The summed E-state index contributed by atoms with van der Waals surface area (Å²) in [4.78, 5) is 9.26. The van der Waals surface area contributed by atoms with Crippen molar-refractivity contribution in [2.45, 2.75) is 13.5 Å². The molecule has 5 nitrogen and oxygen atoms in total. The first-order valence-corrected chi connectivity index (χ1v) is 9.52. The Bertz CT molecular complexity index is 838. The topological polar surface area (TPSA) is 41.7 Å². The third-order valence-corrected chi connectivity index (χ3v) is 4.86. The van der Waals surface area contributed by atoms with Crippen LogP contribution in [0.4, 0.5) is 5.69 Å². The fourth-order valence-corrected chi connectivity index (χ4v) is 3.39. The lowest BCUT2D eigenvalue weighted by atomic mass is 10.2. The van der Waals surface area contributed by atoms with E-state index in [1.807, 2.05) is 55.6 Å². The van der Waals surface area contributed by atoms with E-state index in [1.165, 1.54) is 5.69 Å². The summed E-state index contributed by atoms with van der Waals surface area (Å²) in [5.41, 5.74) is 2.32. The smallest absolute Gasteiger partial charge is 0.209 e. The van der Waals surface area contributed by atoms with Crippen molar-refractivity contribution in [2.75, 3.05) is 37.7 Å².